The van der Waals surface area contributed by atoms with Crippen LogP contribution < -0.4 is 10.9 Å². The Hall–Kier alpha value is -0.630. The normalized spacial score (nSPS) is 18.6. The van der Waals surface area contributed by atoms with Gasteiger partial charge in [-0.15, -0.1) is 15.7 Å². The molecule has 2 rings (SSSR count). The molecule has 1 aromatic rings. The van der Waals surface area contributed by atoms with E-state index in [1.807, 2.05) is 6.92 Å². The van der Waals surface area contributed by atoms with Gasteiger partial charge in [0.25, 0.3) is 10.0 Å². The second kappa shape index (κ2) is 6.01. The van der Waals surface area contributed by atoms with Gasteiger partial charge < -0.3 is 0 Å². The number of hydrogen-bond acceptors (Lipinski definition) is 5. The van der Waals surface area contributed by atoms with E-state index >= 15 is 0 Å². The summed E-state index contributed by atoms with van der Waals surface area (Å²) in [5, 5.41) is 1.36. The summed E-state index contributed by atoms with van der Waals surface area (Å²) in [6.07, 6.45) is 4.13. The number of hydrazine groups is 1. The van der Waals surface area contributed by atoms with Crippen LogP contribution in [0.1, 0.15) is 39.5 Å². The van der Waals surface area contributed by atoms with Crippen LogP contribution in [0.4, 0.5) is 5.69 Å². The quantitative estimate of drug-likeness (QED) is 0.661. The lowest BCUT2D eigenvalue weighted by atomic mass is 10.0. The third-order valence-electron chi connectivity index (χ3n) is 3.29. The van der Waals surface area contributed by atoms with Gasteiger partial charge in [-0.1, -0.05) is 44.7 Å². The SMILES string of the molecule is CCCCCC(C)C1=NS(=O)(=O)c2sc(Cl)cc2N1N. The lowest BCUT2D eigenvalue weighted by Gasteiger charge is -2.27. The average Bonchev–Trinajstić information content (AvgIpc) is 2.77. The van der Waals surface area contributed by atoms with Crippen LogP contribution in [0.15, 0.2) is 14.7 Å². The number of unbranched alkanes of at least 4 members (excludes halogenated alkanes) is 2. The first-order chi connectivity index (χ1) is 9.36. The van der Waals surface area contributed by atoms with Gasteiger partial charge in [-0.2, -0.15) is 8.42 Å². The molecule has 1 aliphatic rings. The highest BCUT2D eigenvalue weighted by Gasteiger charge is 2.33. The number of rotatable bonds is 5. The molecule has 20 heavy (non-hydrogen) atoms. The Balaban J connectivity index is 2.29. The highest BCUT2D eigenvalue weighted by atomic mass is 35.5. The van der Waals surface area contributed by atoms with E-state index < -0.39 is 10.0 Å². The van der Waals surface area contributed by atoms with Gasteiger partial charge in [0, 0.05) is 5.92 Å². The zero-order valence-corrected chi connectivity index (χ0v) is 13.9. The van der Waals surface area contributed by atoms with Gasteiger partial charge in [0.15, 0.2) is 4.21 Å². The van der Waals surface area contributed by atoms with Gasteiger partial charge in [0.2, 0.25) is 0 Å². The fraction of sp³-hybridized carbons (Fsp3) is 0.583. The zero-order chi connectivity index (χ0) is 14.9. The van der Waals surface area contributed by atoms with Crippen molar-refractivity contribution in [3.05, 3.63) is 10.4 Å². The minimum absolute atomic E-state index is 0.00634. The smallest absolute Gasteiger partial charge is 0.263 e. The van der Waals surface area contributed by atoms with Gasteiger partial charge >= 0.3 is 0 Å². The molecule has 0 aliphatic carbocycles. The van der Waals surface area contributed by atoms with Crippen molar-refractivity contribution in [3.63, 3.8) is 0 Å². The van der Waals surface area contributed by atoms with E-state index in [0.29, 0.717) is 15.9 Å². The number of fused-ring (bicyclic) bond motifs is 1. The summed E-state index contributed by atoms with van der Waals surface area (Å²) in [5.41, 5.74) is 0.423. The summed E-state index contributed by atoms with van der Waals surface area (Å²) >= 11 is 6.88. The number of hydrogen-bond donors (Lipinski definition) is 1. The van der Waals surface area contributed by atoms with E-state index in [9.17, 15) is 8.42 Å². The minimum atomic E-state index is -3.68. The Morgan fingerprint density at radius 2 is 2.20 bits per heavy atom. The molecule has 0 amide bonds. The fourth-order valence-electron chi connectivity index (χ4n) is 2.18. The molecule has 0 aromatic carbocycles. The van der Waals surface area contributed by atoms with E-state index in [2.05, 4.69) is 11.3 Å². The predicted octanol–water partition coefficient (Wildman–Crippen LogP) is 3.40. The summed E-state index contributed by atoms with van der Waals surface area (Å²) in [4.78, 5) is 0. The van der Waals surface area contributed by atoms with Crippen LogP contribution in [0.3, 0.4) is 0 Å². The third-order valence-corrected chi connectivity index (χ3v) is 6.32. The molecule has 0 bridgehead atoms. The van der Waals surface area contributed by atoms with Crippen LogP contribution in [0.5, 0.6) is 0 Å². The second-order valence-corrected chi connectivity index (χ2v) is 8.40. The van der Waals surface area contributed by atoms with Crippen molar-refractivity contribution in [1.82, 2.24) is 0 Å². The van der Waals surface area contributed by atoms with Gasteiger partial charge in [0.05, 0.1) is 10.0 Å². The second-order valence-electron chi connectivity index (χ2n) is 4.91. The summed E-state index contributed by atoms with van der Waals surface area (Å²) in [6.45, 7) is 4.07. The monoisotopic (exact) mass is 335 g/mol. The number of nitrogens with two attached hydrogens (primary N) is 1. The predicted molar refractivity (Wildman–Crippen MR) is 83.9 cm³/mol. The molecular weight excluding hydrogens is 318 g/mol. The van der Waals surface area contributed by atoms with Crippen molar-refractivity contribution in [1.29, 1.82) is 0 Å². The fourth-order valence-corrected chi connectivity index (χ4v) is 5.08. The minimum Gasteiger partial charge on any atom is -0.263 e. The molecule has 0 spiro atoms. The Bertz CT molecular complexity index is 625. The summed E-state index contributed by atoms with van der Waals surface area (Å²) in [6, 6.07) is 1.58. The van der Waals surface area contributed by atoms with Crippen molar-refractivity contribution in [2.45, 2.75) is 43.7 Å². The molecular formula is C12H18ClN3O2S2. The summed E-state index contributed by atoms with van der Waals surface area (Å²) in [5.74, 6) is 6.40. The molecule has 0 saturated carbocycles. The Labute approximate surface area is 128 Å². The van der Waals surface area contributed by atoms with Crippen molar-refractivity contribution in [2.24, 2.45) is 16.2 Å². The number of thiophene rings is 1. The third kappa shape index (κ3) is 3.00. The molecule has 8 heteroatoms. The number of amidine groups is 1. The first kappa shape index (κ1) is 15.8. The number of nitrogens with zero attached hydrogens (tertiary/aromatic N) is 2. The Morgan fingerprint density at radius 1 is 1.50 bits per heavy atom. The molecule has 0 fully saturated rings. The van der Waals surface area contributed by atoms with Crippen molar-refractivity contribution >= 4 is 44.5 Å². The number of anilines is 1. The molecule has 0 radical (unpaired) electrons. The van der Waals surface area contributed by atoms with E-state index in [-0.39, 0.29) is 10.1 Å². The molecule has 5 nitrogen and oxygen atoms in total. The first-order valence-corrected chi connectivity index (χ1v) is 9.19. The van der Waals surface area contributed by atoms with E-state index in [4.69, 9.17) is 17.4 Å². The molecule has 2 N–H and O–H groups in total. The first-order valence-electron chi connectivity index (χ1n) is 6.56. The van der Waals surface area contributed by atoms with Gasteiger partial charge in [0.1, 0.15) is 5.84 Å². The molecule has 112 valence electrons. The average molecular weight is 336 g/mol. The van der Waals surface area contributed by atoms with Crippen molar-refractivity contribution in [3.8, 4) is 0 Å². The Morgan fingerprint density at radius 3 is 2.85 bits per heavy atom. The summed E-state index contributed by atoms with van der Waals surface area (Å²) < 4.78 is 28.7. The number of halogens is 1. The summed E-state index contributed by atoms with van der Waals surface area (Å²) in [7, 11) is -3.68. The van der Waals surface area contributed by atoms with Gasteiger partial charge in [-0.05, 0) is 12.5 Å². The van der Waals surface area contributed by atoms with Crippen LogP contribution >= 0.6 is 22.9 Å². The van der Waals surface area contributed by atoms with Crippen molar-refractivity contribution < 1.29 is 8.42 Å². The molecule has 1 unspecified atom stereocenters. The van der Waals surface area contributed by atoms with Crippen LogP contribution in [-0.2, 0) is 10.0 Å². The lowest BCUT2D eigenvalue weighted by molar-refractivity contribution is 0.582. The van der Waals surface area contributed by atoms with E-state index in [0.717, 1.165) is 37.0 Å². The maximum absolute atomic E-state index is 12.2. The van der Waals surface area contributed by atoms with Crippen LogP contribution in [-0.4, -0.2) is 14.3 Å². The van der Waals surface area contributed by atoms with Crippen LogP contribution in [0.25, 0.3) is 0 Å². The maximum Gasteiger partial charge on any atom is 0.295 e. The highest BCUT2D eigenvalue weighted by molar-refractivity contribution is 7.92. The maximum atomic E-state index is 12.2. The largest absolute Gasteiger partial charge is 0.295 e. The van der Waals surface area contributed by atoms with Crippen LogP contribution in [0, 0.1) is 5.92 Å². The zero-order valence-electron chi connectivity index (χ0n) is 11.5. The van der Waals surface area contributed by atoms with Gasteiger partial charge in [-0.3, -0.25) is 5.01 Å². The van der Waals surface area contributed by atoms with E-state index in [1.54, 1.807) is 6.07 Å². The molecule has 0 saturated heterocycles. The Kier molecular flexibility index (Phi) is 4.73. The molecule has 1 aliphatic heterocycles. The highest BCUT2D eigenvalue weighted by Crippen LogP contribution is 2.40. The van der Waals surface area contributed by atoms with Gasteiger partial charge in [-0.25, -0.2) is 5.84 Å². The van der Waals surface area contributed by atoms with E-state index in [1.165, 1.54) is 5.01 Å². The van der Waals surface area contributed by atoms with Crippen molar-refractivity contribution in [2.75, 3.05) is 5.01 Å². The number of sulfonamides is 1. The van der Waals surface area contributed by atoms with Crippen LogP contribution in [0.2, 0.25) is 4.34 Å². The molecule has 1 atom stereocenters. The molecule has 2 heterocycles. The standard InChI is InChI=1S/C12H18ClN3O2S2/c1-3-4-5-6-8(2)11-15-20(17,18)12-9(16(11)14)7-10(13)19-12/h7-8H,3-6,14H2,1-2H3. The molecule has 1 aromatic heterocycles. The lowest BCUT2D eigenvalue weighted by Crippen LogP contribution is -2.44. The topological polar surface area (TPSA) is 75.8 Å².